The molecule has 0 bridgehead atoms. The lowest BCUT2D eigenvalue weighted by Crippen LogP contribution is -1.84. The Morgan fingerprint density at radius 3 is 2.33 bits per heavy atom. The Bertz CT molecular complexity index is 579. The molecule has 3 heteroatoms. The van der Waals surface area contributed by atoms with Gasteiger partial charge in [-0.1, -0.05) is 18.2 Å². The standard InChI is InChI=1S/C15H12N2O/c1-18-15-6-4-11(5-7-15)12-2-3-13(8-12)14(9-16)10-17/h4-8H,2-3H2,1H3. The van der Waals surface area contributed by atoms with Crippen LogP contribution in [0.1, 0.15) is 18.4 Å². The largest absolute Gasteiger partial charge is 0.497 e. The third-order valence-electron chi connectivity index (χ3n) is 3.02. The molecular weight excluding hydrogens is 224 g/mol. The fourth-order valence-corrected chi connectivity index (χ4v) is 2.02. The molecule has 1 aliphatic rings. The maximum Gasteiger partial charge on any atom is 0.132 e. The van der Waals surface area contributed by atoms with Crippen molar-refractivity contribution in [2.45, 2.75) is 12.8 Å². The van der Waals surface area contributed by atoms with Crippen LogP contribution in [0.3, 0.4) is 0 Å². The van der Waals surface area contributed by atoms with E-state index in [1.165, 1.54) is 0 Å². The van der Waals surface area contributed by atoms with Crippen LogP contribution in [0.2, 0.25) is 0 Å². The van der Waals surface area contributed by atoms with Crippen LogP contribution in [0.4, 0.5) is 0 Å². The second kappa shape index (κ2) is 5.21. The highest BCUT2D eigenvalue weighted by molar-refractivity contribution is 5.73. The quantitative estimate of drug-likeness (QED) is 0.741. The molecule has 0 atom stereocenters. The Morgan fingerprint density at radius 2 is 1.78 bits per heavy atom. The number of hydrogen-bond acceptors (Lipinski definition) is 3. The number of nitrogens with zero attached hydrogens (tertiary/aromatic N) is 2. The molecule has 1 aromatic rings. The summed E-state index contributed by atoms with van der Waals surface area (Å²) in [5.74, 6) is 0.822. The maximum atomic E-state index is 8.84. The molecule has 0 heterocycles. The Balaban J connectivity index is 2.31. The molecule has 0 amide bonds. The molecule has 0 radical (unpaired) electrons. The molecule has 0 N–H and O–H groups in total. The smallest absolute Gasteiger partial charge is 0.132 e. The summed E-state index contributed by atoms with van der Waals surface area (Å²) in [6.07, 6.45) is 3.58. The van der Waals surface area contributed by atoms with Crippen LogP contribution in [0, 0.1) is 22.7 Å². The molecule has 0 unspecified atom stereocenters. The van der Waals surface area contributed by atoms with Crippen molar-refractivity contribution in [2.75, 3.05) is 7.11 Å². The van der Waals surface area contributed by atoms with Gasteiger partial charge in [-0.25, -0.2) is 0 Å². The molecule has 0 aromatic heterocycles. The number of benzene rings is 1. The molecule has 3 nitrogen and oxygen atoms in total. The number of methoxy groups -OCH3 is 1. The molecular formula is C15H12N2O. The third-order valence-corrected chi connectivity index (χ3v) is 3.02. The van der Waals surface area contributed by atoms with Gasteiger partial charge in [-0.3, -0.25) is 0 Å². The third kappa shape index (κ3) is 2.26. The van der Waals surface area contributed by atoms with Crippen molar-refractivity contribution < 1.29 is 4.74 Å². The van der Waals surface area contributed by atoms with Gasteiger partial charge >= 0.3 is 0 Å². The van der Waals surface area contributed by atoms with Crippen LogP contribution < -0.4 is 4.74 Å². The van der Waals surface area contributed by atoms with Crippen LogP contribution in [-0.4, -0.2) is 7.11 Å². The molecule has 0 saturated heterocycles. The lowest BCUT2D eigenvalue weighted by molar-refractivity contribution is 0.415. The van der Waals surface area contributed by atoms with E-state index in [1.807, 2.05) is 42.5 Å². The summed E-state index contributed by atoms with van der Waals surface area (Å²) in [5, 5.41) is 17.7. The van der Waals surface area contributed by atoms with E-state index in [1.54, 1.807) is 7.11 Å². The predicted octanol–water partition coefficient (Wildman–Crippen LogP) is 3.22. The van der Waals surface area contributed by atoms with Crippen molar-refractivity contribution in [3.8, 4) is 17.9 Å². The van der Waals surface area contributed by atoms with E-state index >= 15 is 0 Å². The van der Waals surface area contributed by atoms with Crippen molar-refractivity contribution in [2.24, 2.45) is 0 Å². The number of rotatable bonds is 2. The normalized spacial score (nSPS) is 13.5. The number of nitriles is 2. The van der Waals surface area contributed by atoms with Gasteiger partial charge in [0.05, 0.1) is 7.11 Å². The minimum Gasteiger partial charge on any atom is -0.497 e. The van der Waals surface area contributed by atoms with Crippen molar-refractivity contribution >= 4 is 5.57 Å². The van der Waals surface area contributed by atoms with Crippen molar-refractivity contribution in [3.05, 3.63) is 47.1 Å². The van der Waals surface area contributed by atoms with E-state index in [4.69, 9.17) is 15.3 Å². The van der Waals surface area contributed by atoms with Gasteiger partial charge in [0.15, 0.2) is 0 Å². The van der Waals surface area contributed by atoms with Crippen LogP contribution in [0.15, 0.2) is 41.5 Å². The van der Waals surface area contributed by atoms with E-state index in [0.29, 0.717) is 0 Å². The molecule has 0 fully saturated rings. The fourth-order valence-electron chi connectivity index (χ4n) is 2.02. The molecule has 18 heavy (non-hydrogen) atoms. The second-order valence-corrected chi connectivity index (χ2v) is 4.02. The maximum absolute atomic E-state index is 8.84. The van der Waals surface area contributed by atoms with Gasteiger partial charge in [0.1, 0.15) is 23.5 Å². The van der Waals surface area contributed by atoms with Gasteiger partial charge in [0.25, 0.3) is 0 Å². The second-order valence-electron chi connectivity index (χ2n) is 4.02. The molecule has 0 aliphatic heterocycles. The number of ether oxygens (including phenoxy) is 1. The summed E-state index contributed by atoms with van der Waals surface area (Å²) in [7, 11) is 1.64. The Kier molecular flexibility index (Phi) is 3.46. The Labute approximate surface area is 106 Å². The molecule has 1 aromatic carbocycles. The first-order valence-electron chi connectivity index (χ1n) is 5.67. The molecule has 2 rings (SSSR count). The van der Waals surface area contributed by atoms with Gasteiger partial charge in [0.2, 0.25) is 0 Å². The number of allylic oxidation sites excluding steroid dienone is 4. The molecule has 0 spiro atoms. The van der Waals surface area contributed by atoms with E-state index in [9.17, 15) is 0 Å². The first-order chi connectivity index (χ1) is 8.78. The minimum absolute atomic E-state index is 0.221. The zero-order chi connectivity index (χ0) is 13.0. The zero-order valence-electron chi connectivity index (χ0n) is 10.1. The monoisotopic (exact) mass is 236 g/mol. The van der Waals surface area contributed by atoms with Crippen LogP contribution >= 0.6 is 0 Å². The highest BCUT2D eigenvalue weighted by atomic mass is 16.5. The average Bonchev–Trinajstić information content (AvgIpc) is 2.90. The molecule has 88 valence electrons. The Morgan fingerprint density at radius 1 is 1.11 bits per heavy atom. The van der Waals surface area contributed by atoms with Crippen molar-refractivity contribution in [1.82, 2.24) is 0 Å². The molecule has 1 aliphatic carbocycles. The van der Waals surface area contributed by atoms with Crippen molar-refractivity contribution in [3.63, 3.8) is 0 Å². The summed E-state index contributed by atoms with van der Waals surface area (Å²) < 4.78 is 5.11. The van der Waals surface area contributed by atoms with Gasteiger partial charge < -0.3 is 4.74 Å². The van der Waals surface area contributed by atoms with Gasteiger partial charge in [-0.05, 0) is 41.7 Å². The van der Waals surface area contributed by atoms with Gasteiger partial charge in [-0.15, -0.1) is 0 Å². The summed E-state index contributed by atoms with van der Waals surface area (Å²) in [4.78, 5) is 0. The summed E-state index contributed by atoms with van der Waals surface area (Å²) in [6.45, 7) is 0. The van der Waals surface area contributed by atoms with Gasteiger partial charge in [0, 0.05) is 0 Å². The van der Waals surface area contributed by atoms with Crippen LogP contribution in [-0.2, 0) is 0 Å². The Hall–Kier alpha value is -2.52. The zero-order valence-corrected chi connectivity index (χ0v) is 10.1. The SMILES string of the molecule is COc1ccc(C2=CC(=C(C#N)C#N)CC2)cc1. The van der Waals surface area contributed by atoms with Crippen molar-refractivity contribution in [1.29, 1.82) is 10.5 Å². The van der Waals surface area contributed by atoms with Crippen LogP contribution in [0.25, 0.3) is 5.57 Å². The highest BCUT2D eigenvalue weighted by Crippen LogP contribution is 2.33. The van der Waals surface area contributed by atoms with E-state index < -0.39 is 0 Å². The van der Waals surface area contributed by atoms with Gasteiger partial charge in [-0.2, -0.15) is 10.5 Å². The number of hydrogen-bond donors (Lipinski definition) is 0. The first-order valence-corrected chi connectivity index (χ1v) is 5.67. The average molecular weight is 236 g/mol. The lowest BCUT2D eigenvalue weighted by atomic mass is 10.1. The van der Waals surface area contributed by atoms with Crippen LogP contribution in [0.5, 0.6) is 5.75 Å². The molecule has 0 saturated carbocycles. The summed E-state index contributed by atoms with van der Waals surface area (Å²) >= 11 is 0. The highest BCUT2D eigenvalue weighted by Gasteiger charge is 2.14. The van der Waals surface area contributed by atoms with E-state index in [0.717, 1.165) is 35.3 Å². The van der Waals surface area contributed by atoms with E-state index in [2.05, 4.69) is 0 Å². The summed E-state index contributed by atoms with van der Waals surface area (Å²) in [5.41, 5.74) is 3.33. The predicted molar refractivity (Wildman–Crippen MR) is 68.5 cm³/mol. The van der Waals surface area contributed by atoms with E-state index in [-0.39, 0.29) is 5.57 Å². The lowest BCUT2D eigenvalue weighted by Gasteiger charge is -2.03. The fraction of sp³-hybridized carbons (Fsp3) is 0.200. The first kappa shape index (κ1) is 12.0. The minimum atomic E-state index is 0.221. The summed E-state index contributed by atoms with van der Waals surface area (Å²) in [6, 6.07) is 11.7. The topological polar surface area (TPSA) is 56.8 Å².